The van der Waals surface area contributed by atoms with Crippen LogP contribution in [0, 0.1) is 11.8 Å². The lowest BCUT2D eigenvalue weighted by Gasteiger charge is -2.07. The lowest BCUT2D eigenvalue weighted by atomic mass is 10.2. The van der Waals surface area contributed by atoms with Gasteiger partial charge in [0.25, 0.3) is 0 Å². The number of aliphatic carboxylic acids is 2. The van der Waals surface area contributed by atoms with Crippen LogP contribution in [-0.4, -0.2) is 48.5 Å². The molecule has 0 spiro atoms. The maximum atomic E-state index is 9.10. The summed E-state index contributed by atoms with van der Waals surface area (Å²) < 4.78 is 10.6. The van der Waals surface area contributed by atoms with Gasteiger partial charge in [0, 0.05) is 6.04 Å². The summed E-state index contributed by atoms with van der Waals surface area (Å²) in [7, 11) is 1.65. The van der Waals surface area contributed by atoms with Gasteiger partial charge in [-0.15, -0.1) is 0 Å². The van der Waals surface area contributed by atoms with Gasteiger partial charge >= 0.3 is 11.9 Å². The average Bonchev–Trinajstić information content (AvgIpc) is 3.12. The van der Waals surface area contributed by atoms with E-state index < -0.39 is 11.9 Å². The number of carboxylic acids is 2. The second kappa shape index (κ2) is 11.8. The molecule has 0 atom stereocenters. The lowest BCUT2D eigenvalue weighted by molar-refractivity contribution is -0.159. The molecule has 0 radical (unpaired) electrons. The van der Waals surface area contributed by atoms with Crippen molar-refractivity contribution in [3.63, 3.8) is 0 Å². The van der Waals surface area contributed by atoms with E-state index in [4.69, 9.17) is 29.3 Å². The Balaban J connectivity index is 0.000000450. The summed E-state index contributed by atoms with van der Waals surface area (Å²) in [6.45, 7) is 1.19. The Bertz CT molecular complexity index is 584. The van der Waals surface area contributed by atoms with Crippen molar-refractivity contribution in [1.29, 1.82) is 0 Å². The molecule has 1 aromatic rings. The molecule has 2 rings (SSSR count). The normalized spacial score (nSPS) is 13.0. The number of ether oxygens (including phenoxy) is 2. The Hall–Kier alpha value is -2.72. The third-order valence-corrected chi connectivity index (χ3v) is 3.51. The maximum Gasteiger partial charge on any atom is 0.414 e. The molecule has 25 heavy (non-hydrogen) atoms. The van der Waals surface area contributed by atoms with Gasteiger partial charge in [0.2, 0.25) is 0 Å². The van der Waals surface area contributed by atoms with Crippen molar-refractivity contribution in [1.82, 2.24) is 5.32 Å². The topological polar surface area (TPSA) is 105 Å². The molecule has 1 saturated carbocycles. The van der Waals surface area contributed by atoms with Gasteiger partial charge in [-0.25, -0.2) is 9.59 Å². The Labute approximate surface area is 146 Å². The molecule has 1 aliphatic rings. The van der Waals surface area contributed by atoms with E-state index in [1.807, 2.05) is 24.3 Å². The molecule has 0 aromatic heterocycles. The SMILES string of the molecule is COc1ccc(OCC#CCNC2CCCC2)cc1.O=C(O)C(=O)O. The third-order valence-electron chi connectivity index (χ3n) is 3.51. The summed E-state index contributed by atoms with van der Waals surface area (Å²) in [5.41, 5.74) is 0. The van der Waals surface area contributed by atoms with E-state index >= 15 is 0 Å². The number of methoxy groups -OCH3 is 1. The van der Waals surface area contributed by atoms with Crippen LogP contribution < -0.4 is 14.8 Å². The van der Waals surface area contributed by atoms with Crippen LogP contribution in [0.4, 0.5) is 0 Å². The first-order valence-electron chi connectivity index (χ1n) is 7.95. The van der Waals surface area contributed by atoms with Gasteiger partial charge in [-0.05, 0) is 37.1 Å². The molecule has 0 saturated heterocycles. The minimum absolute atomic E-state index is 0.429. The van der Waals surface area contributed by atoms with E-state index in [2.05, 4.69) is 17.2 Å². The first-order valence-corrected chi connectivity index (χ1v) is 7.95. The molecule has 3 N–H and O–H groups in total. The molecule has 0 amide bonds. The van der Waals surface area contributed by atoms with Crippen molar-refractivity contribution in [2.75, 3.05) is 20.3 Å². The fourth-order valence-electron chi connectivity index (χ4n) is 2.23. The Morgan fingerprint density at radius 2 is 1.64 bits per heavy atom. The van der Waals surface area contributed by atoms with Crippen LogP contribution in [0.25, 0.3) is 0 Å². The quantitative estimate of drug-likeness (QED) is 0.549. The van der Waals surface area contributed by atoms with Crippen LogP contribution in [-0.2, 0) is 9.59 Å². The van der Waals surface area contributed by atoms with E-state index in [9.17, 15) is 0 Å². The third kappa shape index (κ3) is 9.23. The molecule has 0 heterocycles. The predicted octanol–water partition coefficient (Wildman–Crippen LogP) is 1.77. The molecule has 0 aliphatic heterocycles. The number of carbonyl (C=O) groups is 2. The molecule has 7 heteroatoms. The molecule has 7 nitrogen and oxygen atoms in total. The van der Waals surface area contributed by atoms with Crippen LogP contribution >= 0.6 is 0 Å². The van der Waals surface area contributed by atoms with Gasteiger partial charge < -0.3 is 25.0 Å². The largest absolute Gasteiger partial charge is 0.497 e. The molecular weight excluding hydrogens is 326 g/mol. The van der Waals surface area contributed by atoms with E-state index in [-0.39, 0.29) is 0 Å². The van der Waals surface area contributed by atoms with Crippen LogP contribution in [0.3, 0.4) is 0 Å². The molecular formula is C18H23NO6. The van der Waals surface area contributed by atoms with Crippen LogP contribution in [0.15, 0.2) is 24.3 Å². The number of hydrogen-bond donors (Lipinski definition) is 3. The highest BCUT2D eigenvalue weighted by Crippen LogP contribution is 2.17. The predicted molar refractivity (Wildman–Crippen MR) is 91.8 cm³/mol. The highest BCUT2D eigenvalue weighted by Gasteiger charge is 2.12. The zero-order chi connectivity index (χ0) is 18.5. The van der Waals surface area contributed by atoms with Crippen molar-refractivity contribution >= 4 is 11.9 Å². The molecule has 0 unspecified atom stereocenters. The van der Waals surface area contributed by atoms with Crippen molar-refractivity contribution < 1.29 is 29.3 Å². The van der Waals surface area contributed by atoms with E-state index in [1.54, 1.807) is 7.11 Å². The summed E-state index contributed by atoms with van der Waals surface area (Å²) in [6, 6.07) is 8.21. The monoisotopic (exact) mass is 349 g/mol. The van der Waals surface area contributed by atoms with Gasteiger partial charge in [-0.1, -0.05) is 24.7 Å². The van der Waals surface area contributed by atoms with Gasteiger partial charge in [0.15, 0.2) is 0 Å². The zero-order valence-electron chi connectivity index (χ0n) is 14.2. The van der Waals surface area contributed by atoms with Crippen molar-refractivity contribution in [2.24, 2.45) is 0 Å². The van der Waals surface area contributed by atoms with Crippen LogP contribution in [0.1, 0.15) is 25.7 Å². The standard InChI is InChI=1S/C16H21NO2.C2H2O4/c1-18-15-8-10-16(11-9-15)19-13-5-4-12-17-14-6-2-3-7-14;3-1(4)2(5)6/h8-11,14,17H,2-3,6-7,12-13H2,1H3;(H,3,4)(H,5,6). The summed E-state index contributed by atoms with van der Waals surface area (Å²) >= 11 is 0. The number of carboxylic acid groups (broad SMARTS) is 2. The minimum atomic E-state index is -1.82. The molecule has 0 bridgehead atoms. The summed E-state index contributed by atoms with van der Waals surface area (Å²) in [6.07, 6.45) is 5.30. The average molecular weight is 349 g/mol. The number of benzene rings is 1. The Kier molecular flexibility index (Phi) is 9.56. The van der Waals surface area contributed by atoms with E-state index in [0.29, 0.717) is 12.6 Å². The molecule has 1 aliphatic carbocycles. The fourth-order valence-corrected chi connectivity index (χ4v) is 2.23. The summed E-state index contributed by atoms with van der Waals surface area (Å²) in [5.74, 6) is 4.12. The fraction of sp³-hybridized carbons (Fsp3) is 0.444. The lowest BCUT2D eigenvalue weighted by Crippen LogP contribution is -2.26. The van der Waals surface area contributed by atoms with Crippen LogP contribution in [0.5, 0.6) is 11.5 Å². The Morgan fingerprint density at radius 1 is 1.08 bits per heavy atom. The second-order valence-electron chi connectivity index (χ2n) is 5.29. The van der Waals surface area contributed by atoms with Gasteiger partial charge in [-0.2, -0.15) is 0 Å². The first-order chi connectivity index (χ1) is 12.0. The number of rotatable bonds is 5. The van der Waals surface area contributed by atoms with Crippen molar-refractivity contribution in [2.45, 2.75) is 31.7 Å². The van der Waals surface area contributed by atoms with Gasteiger partial charge in [0.1, 0.15) is 18.1 Å². The van der Waals surface area contributed by atoms with E-state index in [0.717, 1.165) is 18.0 Å². The van der Waals surface area contributed by atoms with E-state index in [1.165, 1.54) is 25.7 Å². The van der Waals surface area contributed by atoms with Crippen LogP contribution in [0.2, 0.25) is 0 Å². The van der Waals surface area contributed by atoms with Gasteiger partial charge in [0.05, 0.1) is 13.7 Å². The highest BCUT2D eigenvalue weighted by atomic mass is 16.5. The second-order valence-corrected chi connectivity index (χ2v) is 5.29. The van der Waals surface area contributed by atoms with Gasteiger partial charge in [-0.3, -0.25) is 0 Å². The molecule has 1 fully saturated rings. The van der Waals surface area contributed by atoms with Crippen molar-refractivity contribution in [3.8, 4) is 23.3 Å². The first kappa shape index (κ1) is 20.3. The smallest absolute Gasteiger partial charge is 0.414 e. The van der Waals surface area contributed by atoms with Crippen molar-refractivity contribution in [3.05, 3.63) is 24.3 Å². The zero-order valence-corrected chi connectivity index (χ0v) is 14.2. The highest BCUT2D eigenvalue weighted by molar-refractivity contribution is 6.27. The maximum absolute atomic E-state index is 9.10. The Morgan fingerprint density at radius 3 is 2.16 bits per heavy atom. The molecule has 136 valence electrons. The number of nitrogens with one attached hydrogen (secondary N) is 1. The summed E-state index contributed by atoms with van der Waals surface area (Å²) in [5, 5.41) is 18.2. The molecule has 1 aromatic carbocycles. The summed E-state index contributed by atoms with van der Waals surface area (Å²) in [4.78, 5) is 18.2. The number of hydrogen-bond acceptors (Lipinski definition) is 5. The minimum Gasteiger partial charge on any atom is -0.497 e.